The summed E-state index contributed by atoms with van der Waals surface area (Å²) in [6, 6.07) is 11.8. The molecule has 0 aliphatic heterocycles. The van der Waals surface area contributed by atoms with Gasteiger partial charge in [-0.15, -0.1) is 0 Å². The standard InChI is InChI=1S/C13H13NO5S/c15-11(13(16)17)8-14-20(18,19)12-7-3-5-9-4-1-2-6-10(9)12/h1-7,11,14-15H,8H2,(H,16,17)/t11-/m0/s1. The largest absolute Gasteiger partial charge is 0.479 e. The molecule has 20 heavy (non-hydrogen) atoms. The van der Waals surface area contributed by atoms with Gasteiger partial charge in [0, 0.05) is 11.9 Å². The van der Waals surface area contributed by atoms with E-state index in [2.05, 4.69) is 4.72 Å². The van der Waals surface area contributed by atoms with Crippen molar-refractivity contribution in [1.82, 2.24) is 4.72 Å². The minimum absolute atomic E-state index is 0.0492. The van der Waals surface area contributed by atoms with E-state index in [9.17, 15) is 13.2 Å². The van der Waals surface area contributed by atoms with Crippen LogP contribution >= 0.6 is 0 Å². The number of benzene rings is 2. The first-order valence-electron chi connectivity index (χ1n) is 5.80. The highest BCUT2D eigenvalue weighted by molar-refractivity contribution is 7.89. The summed E-state index contributed by atoms with van der Waals surface area (Å²) in [5.74, 6) is -1.48. The Hall–Kier alpha value is -1.96. The topological polar surface area (TPSA) is 104 Å². The molecule has 6 nitrogen and oxygen atoms in total. The number of carboxylic acids is 1. The Bertz CT molecular complexity index is 736. The van der Waals surface area contributed by atoms with E-state index in [1.165, 1.54) is 6.07 Å². The Morgan fingerprint density at radius 3 is 2.50 bits per heavy atom. The lowest BCUT2D eigenvalue weighted by Crippen LogP contribution is -2.36. The molecule has 0 spiro atoms. The smallest absolute Gasteiger partial charge is 0.333 e. The number of aliphatic carboxylic acids is 1. The third kappa shape index (κ3) is 2.96. The highest BCUT2D eigenvalue weighted by Crippen LogP contribution is 2.22. The van der Waals surface area contributed by atoms with Gasteiger partial charge in [-0.1, -0.05) is 36.4 Å². The molecule has 1 atom stereocenters. The summed E-state index contributed by atoms with van der Waals surface area (Å²) in [4.78, 5) is 10.5. The predicted octanol–water partition coefficient (Wildman–Crippen LogP) is 0.564. The second-order valence-electron chi connectivity index (χ2n) is 4.18. The molecule has 3 N–H and O–H groups in total. The van der Waals surface area contributed by atoms with Crippen LogP contribution in [0.15, 0.2) is 47.4 Å². The van der Waals surface area contributed by atoms with Crippen LogP contribution in [-0.2, 0) is 14.8 Å². The summed E-state index contributed by atoms with van der Waals surface area (Å²) in [5, 5.41) is 19.0. The van der Waals surface area contributed by atoms with E-state index in [1.807, 2.05) is 0 Å². The number of fused-ring (bicyclic) bond motifs is 1. The molecule has 0 saturated heterocycles. The molecule has 0 heterocycles. The Kier molecular flexibility index (Phi) is 4.03. The van der Waals surface area contributed by atoms with Crippen LogP contribution in [0.2, 0.25) is 0 Å². The van der Waals surface area contributed by atoms with Crippen molar-refractivity contribution in [2.75, 3.05) is 6.54 Å². The Morgan fingerprint density at radius 2 is 1.80 bits per heavy atom. The van der Waals surface area contributed by atoms with Crippen LogP contribution in [0.3, 0.4) is 0 Å². The van der Waals surface area contributed by atoms with Gasteiger partial charge in [-0.05, 0) is 11.5 Å². The van der Waals surface area contributed by atoms with Gasteiger partial charge in [0.25, 0.3) is 0 Å². The number of aliphatic hydroxyl groups excluding tert-OH is 1. The molecule has 106 valence electrons. The van der Waals surface area contributed by atoms with E-state index in [-0.39, 0.29) is 4.90 Å². The zero-order valence-corrected chi connectivity index (χ0v) is 11.2. The van der Waals surface area contributed by atoms with Gasteiger partial charge in [0.2, 0.25) is 10.0 Å². The Balaban J connectivity index is 2.35. The molecule has 0 saturated carbocycles. The van der Waals surface area contributed by atoms with E-state index in [0.29, 0.717) is 5.39 Å². The lowest BCUT2D eigenvalue weighted by Gasteiger charge is -2.10. The van der Waals surface area contributed by atoms with E-state index in [0.717, 1.165) is 5.39 Å². The number of carbonyl (C=O) groups is 1. The summed E-state index contributed by atoms with van der Waals surface area (Å²) in [6.07, 6.45) is -1.78. The lowest BCUT2D eigenvalue weighted by molar-refractivity contribution is -0.146. The van der Waals surface area contributed by atoms with Crippen molar-refractivity contribution in [1.29, 1.82) is 0 Å². The maximum Gasteiger partial charge on any atom is 0.333 e. The zero-order chi connectivity index (χ0) is 14.8. The van der Waals surface area contributed by atoms with Gasteiger partial charge in [0.05, 0.1) is 4.90 Å². The zero-order valence-electron chi connectivity index (χ0n) is 10.4. The molecule has 0 aromatic heterocycles. The molecule has 2 rings (SSSR count). The van der Waals surface area contributed by atoms with Gasteiger partial charge in [0.15, 0.2) is 6.10 Å². The van der Waals surface area contributed by atoms with Gasteiger partial charge >= 0.3 is 5.97 Å². The summed E-state index contributed by atoms with van der Waals surface area (Å²) in [6.45, 7) is -0.582. The van der Waals surface area contributed by atoms with Crippen molar-refractivity contribution in [2.45, 2.75) is 11.0 Å². The normalized spacial score (nSPS) is 13.2. The summed E-state index contributed by atoms with van der Waals surface area (Å²) < 4.78 is 26.4. The minimum Gasteiger partial charge on any atom is -0.479 e. The number of rotatable bonds is 5. The predicted molar refractivity (Wildman–Crippen MR) is 72.8 cm³/mol. The SMILES string of the molecule is O=C(O)[C@@H](O)CNS(=O)(=O)c1cccc2ccccc12. The molecule has 2 aromatic rings. The van der Waals surface area contributed by atoms with E-state index in [1.54, 1.807) is 36.4 Å². The van der Waals surface area contributed by atoms with Gasteiger partial charge < -0.3 is 10.2 Å². The minimum atomic E-state index is -3.89. The molecule has 0 aliphatic rings. The van der Waals surface area contributed by atoms with Gasteiger partial charge in [-0.3, -0.25) is 0 Å². The second-order valence-corrected chi connectivity index (χ2v) is 5.92. The fourth-order valence-corrected chi connectivity index (χ4v) is 3.05. The lowest BCUT2D eigenvalue weighted by atomic mass is 10.1. The first kappa shape index (κ1) is 14.4. The molecule has 0 unspecified atom stereocenters. The Morgan fingerprint density at radius 1 is 1.15 bits per heavy atom. The highest BCUT2D eigenvalue weighted by Gasteiger charge is 2.20. The molecule has 7 heteroatoms. The third-order valence-electron chi connectivity index (χ3n) is 2.79. The monoisotopic (exact) mass is 295 g/mol. The summed E-state index contributed by atoms with van der Waals surface area (Å²) in [7, 11) is -3.89. The van der Waals surface area contributed by atoms with Crippen molar-refractivity contribution in [2.24, 2.45) is 0 Å². The van der Waals surface area contributed by atoms with Crippen LogP contribution in [0.4, 0.5) is 0 Å². The molecule has 0 aliphatic carbocycles. The average molecular weight is 295 g/mol. The number of nitrogens with one attached hydrogen (secondary N) is 1. The van der Waals surface area contributed by atoms with Crippen molar-refractivity contribution < 1.29 is 23.4 Å². The highest BCUT2D eigenvalue weighted by atomic mass is 32.2. The van der Waals surface area contributed by atoms with E-state index in [4.69, 9.17) is 10.2 Å². The van der Waals surface area contributed by atoms with Crippen LogP contribution in [0.25, 0.3) is 10.8 Å². The van der Waals surface area contributed by atoms with E-state index < -0.39 is 28.6 Å². The Labute approximate surface area is 115 Å². The molecular formula is C13H13NO5S. The summed E-state index contributed by atoms with van der Waals surface area (Å²) in [5.41, 5.74) is 0. The third-order valence-corrected chi connectivity index (χ3v) is 4.27. The molecule has 0 fully saturated rings. The fraction of sp³-hybridized carbons (Fsp3) is 0.154. The van der Waals surface area contributed by atoms with Gasteiger partial charge in [-0.2, -0.15) is 0 Å². The number of carboxylic acid groups (broad SMARTS) is 1. The van der Waals surface area contributed by atoms with Crippen LogP contribution < -0.4 is 4.72 Å². The van der Waals surface area contributed by atoms with Gasteiger partial charge in [0.1, 0.15) is 0 Å². The van der Waals surface area contributed by atoms with Crippen molar-refractivity contribution in [3.05, 3.63) is 42.5 Å². The van der Waals surface area contributed by atoms with Crippen LogP contribution in [0, 0.1) is 0 Å². The van der Waals surface area contributed by atoms with Crippen LogP contribution in [-0.4, -0.2) is 37.2 Å². The van der Waals surface area contributed by atoms with E-state index >= 15 is 0 Å². The molecule has 0 radical (unpaired) electrons. The number of hydrogen-bond acceptors (Lipinski definition) is 4. The van der Waals surface area contributed by atoms with Crippen molar-refractivity contribution in [3.63, 3.8) is 0 Å². The fourth-order valence-electron chi connectivity index (χ4n) is 1.78. The molecular weight excluding hydrogens is 282 g/mol. The van der Waals surface area contributed by atoms with Crippen molar-refractivity contribution in [3.8, 4) is 0 Å². The molecule has 0 amide bonds. The first-order valence-corrected chi connectivity index (χ1v) is 7.28. The van der Waals surface area contributed by atoms with Gasteiger partial charge in [-0.25, -0.2) is 17.9 Å². The molecule has 0 bridgehead atoms. The van der Waals surface area contributed by atoms with Crippen molar-refractivity contribution >= 4 is 26.8 Å². The maximum atomic E-state index is 12.2. The summed E-state index contributed by atoms with van der Waals surface area (Å²) >= 11 is 0. The van der Waals surface area contributed by atoms with Crippen LogP contribution in [0.1, 0.15) is 0 Å². The second kappa shape index (κ2) is 5.58. The maximum absolute atomic E-state index is 12.2. The molecule has 2 aromatic carbocycles. The number of sulfonamides is 1. The van der Waals surface area contributed by atoms with Crippen LogP contribution in [0.5, 0.6) is 0 Å². The first-order chi connectivity index (χ1) is 9.42. The number of aliphatic hydroxyl groups is 1. The quantitative estimate of drug-likeness (QED) is 0.748. The average Bonchev–Trinajstić information content (AvgIpc) is 2.44. The number of hydrogen-bond donors (Lipinski definition) is 3.